The highest BCUT2D eigenvalue weighted by Crippen LogP contribution is 2.51. The zero-order valence-corrected chi connectivity index (χ0v) is 15.3. The van der Waals surface area contributed by atoms with Gasteiger partial charge in [-0.1, -0.05) is 51.0 Å². The van der Waals surface area contributed by atoms with Crippen molar-refractivity contribution in [3.05, 3.63) is 36.4 Å². The summed E-state index contributed by atoms with van der Waals surface area (Å²) in [6, 6.07) is 8.01. The molecule has 0 heterocycles. The Balaban J connectivity index is 1.54. The summed E-state index contributed by atoms with van der Waals surface area (Å²) in [6.45, 7) is 8.99. The van der Waals surface area contributed by atoms with Crippen molar-refractivity contribution in [3.8, 4) is 5.75 Å². The minimum Gasteiger partial charge on any atom is -0.465 e. The van der Waals surface area contributed by atoms with Gasteiger partial charge in [0.2, 0.25) is 0 Å². The number of rotatable bonds is 7. The van der Waals surface area contributed by atoms with Crippen LogP contribution in [0.2, 0.25) is 0 Å². The molecule has 132 valence electrons. The third-order valence-corrected chi connectivity index (χ3v) is 6.05. The molecule has 2 bridgehead atoms. The van der Waals surface area contributed by atoms with E-state index < -0.39 is 0 Å². The lowest BCUT2D eigenvalue weighted by atomic mass is 9.59. The molecule has 0 N–H and O–H groups in total. The Morgan fingerprint density at radius 2 is 2.08 bits per heavy atom. The third-order valence-electron chi connectivity index (χ3n) is 6.05. The van der Waals surface area contributed by atoms with Gasteiger partial charge in [-0.3, -0.25) is 0 Å². The van der Waals surface area contributed by atoms with Crippen LogP contribution in [0.5, 0.6) is 5.75 Å². The van der Waals surface area contributed by atoms with Gasteiger partial charge in [0.1, 0.15) is 5.75 Å². The Hall–Kier alpha value is -1.28. The molecule has 0 aliphatic heterocycles. The molecule has 24 heavy (non-hydrogen) atoms. The van der Waals surface area contributed by atoms with E-state index in [9.17, 15) is 0 Å². The summed E-state index contributed by atoms with van der Waals surface area (Å²) in [5.74, 6) is 2.70. The first-order valence-electron chi connectivity index (χ1n) is 9.63. The lowest BCUT2D eigenvalue weighted by molar-refractivity contribution is -0.123. The van der Waals surface area contributed by atoms with Gasteiger partial charge in [0.25, 0.3) is 0 Å². The Labute approximate surface area is 147 Å². The first-order chi connectivity index (χ1) is 11.6. The van der Waals surface area contributed by atoms with Crippen LogP contribution < -0.4 is 4.74 Å². The molecule has 4 atom stereocenters. The quantitative estimate of drug-likeness (QED) is 0.566. The van der Waals surface area contributed by atoms with E-state index in [4.69, 9.17) is 9.47 Å². The van der Waals surface area contributed by atoms with Gasteiger partial charge in [0.15, 0.2) is 6.29 Å². The molecule has 2 heteroatoms. The average Bonchev–Trinajstić information content (AvgIpc) is 2.60. The van der Waals surface area contributed by atoms with Crippen molar-refractivity contribution in [2.45, 2.75) is 65.1 Å². The highest BCUT2D eigenvalue weighted by atomic mass is 16.7. The molecule has 0 spiro atoms. The Kier molecular flexibility index (Phi) is 5.65. The second-order valence-electron chi connectivity index (χ2n) is 7.95. The van der Waals surface area contributed by atoms with Crippen molar-refractivity contribution in [1.82, 2.24) is 0 Å². The van der Waals surface area contributed by atoms with Crippen LogP contribution in [0.3, 0.4) is 0 Å². The number of ether oxygens (including phenoxy) is 2. The predicted octanol–water partition coefficient (Wildman–Crippen LogP) is 6.07. The maximum Gasteiger partial charge on any atom is 0.196 e. The molecule has 0 aromatic heterocycles. The van der Waals surface area contributed by atoms with Crippen molar-refractivity contribution in [2.75, 3.05) is 6.61 Å². The smallest absolute Gasteiger partial charge is 0.196 e. The van der Waals surface area contributed by atoms with Crippen molar-refractivity contribution < 1.29 is 9.47 Å². The van der Waals surface area contributed by atoms with Crippen LogP contribution in [0.25, 0.3) is 6.08 Å². The van der Waals surface area contributed by atoms with Crippen molar-refractivity contribution in [1.29, 1.82) is 0 Å². The largest absolute Gasteiger partial charge is 0.465 e. The monoisotopic (exact) mass is 328 g/mol. The molecule has 2 fully saturated rings. The number of fused-ring (bicyclic) bond motifs is 2. The molecular weight excluding hydrogens is 296 g/mol. The van der Waals surface area contributed by atoms with Crippen LogP contribution in [0, 0.1) is 17.3 Å². The van der Waals surface area contributed by atoms with E-state index in [1.807, 2.05) is 37.3 Å². The molecule has 2 saturated carbocycles. The molecular formula is C22H32O2. The molecule has 0 saturated heterocycles. The summed E-state index contributed by atoms with van der Waals surface area (Å²) in [5.41, 5.74) is 1.52. The zero-order valence-electron chi connectivity index (χ0n) is 15.3. The first kappa shape index (κ1) is 17.5. The van der Waals surface area contributed by atoms with Gasteiger partial charge in [-0.15, -0.1) is 0 Å². The highest BCUT2D eigenvalue weighted by Gasteiger charge is 2.42. The average molecular weight is 328 g/mol. The van der Waals surface area contributed by atoms with Crippen molar-refractivity contribution in [3.63, 3.8) is 0 Å². The zero-order chi connectivity index (χ0) is 17.0. The van der Waals surface area contributed by atoms with Crippen LogP contribution in [-0.2, 0) is 4.74 Å². The summed E-state index contributed by atoms with van der Waals surface area (Å²) < 4.78 is 12.1. The van der Waals surface area contributed by atoms with E-state index in [1.165, 1.54) is 44.9 Å². The van der Waals surface area contributed by atoms with Crippen LogP contribution in [0.4, 0.5) is 0 Å². The molecule has 2 nitrogen and oxygen atoms in total. The molecule has 2 aliphatic rings. The third kappa shape index (κ3) is 4.22. The molecule has 1 aromatic rings. The Morgan fingerprint density at radius 1 is 1.29 bits per heavy atom. The summed E-state index contributed by atoms with van der Waals surface area (Å²) >= 11 is 0. The summed E-state index contributed by atoms with van der Waals surface area (Å²) in [6.07, 6.45) is 11.3. The van der Waals surface area contributed by atoms with Crippen LogP contribution in [-0.4, -0.2) is 12.9 Å². The van der Waals surface area contributed by atoms with Gasteiger partial charge in [0.05, 0.1) is 6.61 Å². The second kappa shape index (κ2) is 7.74. The summed E-state index contributed by atoms with van der Waals surface area (Å²) in [7, 11) is 0. The second-order valence-corrected chi connectivity index (χ2v) is 7.95. The highest BCUT2D eigenvalue weighted by molar-refractivity contribution is 5.48. The Bertz CT molecular complexity index is 535. The topological polar surface area (TPSA) is 18.5 Å². The van der Waals surface area contributed by atoms with Gasteiger partial charge in [-0.05, 0) is 67.6 Å². The molecule has 3 rings (SSSR count). The van der Waals surface area contributed by atoms with E-state index >= 15 is 0 Å². The van der Waals surface area contributed by atoms with Crippen molar-refractivity contribution in [2.24, 2.45) is 17.3 Å². The van der Waals surface area contributed by atoms with Gasteiger partial charge in [-0.25, -0.2) is 0 Å². The Morgan fingerprint density at radius 3 is 2.79 bits per heavy atom. The lowest BCUT2D eigenvalue weighted by Gasteiger charge is -2.48. The van der Waals surface area contributed by atoms with E-state index in [-0.39, 0.29) is 6.29 Å². The molecule has 4 unspecified atom stereocenters. The number of hydrogen-bond donors (Lipinski definition) is 0. The maximum absolute atomic E-state index is 6.17. The fourth-order valence-electron chi connectivity index (χ4n) is 4.84. The van der Waals surface area contributed by atoms with E-state index in [1.54, 1.807) is 0 Å². The lowest BCUT2D eigenvalue weighted by Crippen LogP contribution is -2.41. The first-order valence-corrected chi connectivity index (χ1v) is 9.63. The standard InChI is InChI=1S/C22H32O2/c1-4-18-8-10-21(11-9-18)24-17(3)23-16-22-12-6-7-20(15-22)13-19(5-2)14-22/h4,8-11,17,19-20H,1,5-7,12-16H2,2-3H3. The fourth-order valence-corrected chi connectivity index (χ4v) is 4.84. The van der Waals surface area contributed by atoms with Crippen LogP contribution >= 0.6 is 0 Å². The molecule has 0 amide bonds. The van der Waals surface area contributed by atoms with E-state index in [0.717, 1.165) is 29.8 Å². The maximum atomic E-state index is 6.17. The van der Waals surface area contributed by atoms with Gasteiger partial charge < -0.3 is 9.47 Å². The SMILES string of the molecule is C=Cc1ccc(OC(C)OCC23CCCC(CC(CC)C2)C3)cc1. The minimum absolute atomic E-state index is 0.198. The van der Waals surface area contributed by atoms with Gasteiger partial charge in [-0.2, -0.15) is 0 Å². The molecule has 1 aromatic carbocycles. The van der Waals surface area contributed by atoms with Gasteiger partial charge in [0, 0.05) is 0 Å². The van der Waals surface area contributed by atoms with Crippen LogP contribution in [0.15, 0.2) is 30.8 Å². The van der Waals surface area contributed by atoms with Crippen LogP contribution in [0.1, 0.15) is 64.4 Å². The van der Waals surface area contributed by atoms with E-state index in [0.29, 0.717) is 5.41 Å². The summed E-state index contributed by atoms with van der Waals surface area (Å²) in [5, 5.41) is 0. The normalized spacial score (nSPS) is 30.6. The van der Waals surface area contributed by atoms with Crippen molar-refractivity contribution >= 4 is 6.08 Å². The summed E-state index contributed by atoms with van der Waals surface area (Å²) in [4.78, 5) is 0. The van der Waals surface area contributed by atoms with Gasteiger partial charge >= 0.3 is 0 Å². The predicted molar refractivity (Wildman–Crippen MR) is 100.0 cm³/mol. The molecule has 2 aliphatic carbocycles. The number of benzene rings is 1. The number of hydrogen-bond acceptors (Lipinski definition) is 2. The van der Waals surface area contributed by atoms with E-state index in [2.05, 4.69) is 13.5 Å². The molecule has 0 radical (unpaired) electrons. The minimum atomic E-state index is -0.198. The fraction of sp³-hybridized carbons (Fsp3) is 0.636.